The summed E-state index contributed by atoms with van der Waals surface area (Å²) in [5.74, 6) is -0.605. The standard InChI is InChI=1S/C9H18N2O3/c10-8(12)6-4-2-1-3-5-7-9(13)11-14/h14H,1-7H2,(H2,10,12)(H,11,13). The van der Waals surface area contributed by atoms with E-state index in [-0.39, 0.29) is 11.8 Å². The Morgan fingerprint density at radius 2 is 1.50 bits per heavy atom. The number of hydrogen-bond acceptors (Lipinski definition) is 3. The lowest BCUT2D eigenvalue weighted by molar-refractivity contribution is -0.129. The smallest absolute Gasteiger partial charge is 0.243 e. The zero-order valence-corrected chi connectivity index (χ0v) is 8.29. The molecule has 14 heavy (non-hydrogen) atoms. The van der Waals surface area contributed by atoms with Crippen LogP contribution in [0.5, 0.6) is 0 Å². The van der Waals surface area contributed by atoms with E-state index in [0.29, 0.717) is 12.8 Å². The first-order chi connectivity index (χ1) is 6.66. The Balaban J connectivity index is 3.06. The highest BCUT2D eigenvalue weighted by molar-refractivity contribution is 5.74. The van der Waals surface area contributed by atoms with Crippen molar-refractivity contribution in [2.45, 2.75) is 44.9 Å². The predicted molar refractivity (Wildman–Crippen MR) is 51.4 cm³/mol. The minimum atomic E-state index is -0.345. The van der Waals surface area contributed by atoms with Crippen molar-refractivity contribution in [3.8, 4) is 0 Å². The van der Waals surface area contributed by atoms with E-state index in [1.807, 2.05) is 0 Å². The van der Waals surface area contributed by atoms with Gasteiger partial charge in [-0.1, -0.05) is 19.3 Å². The fraction of sp³-hybridized carbons (Fsp3) is 0.778. The molecule has 0 saturated heterocycles. The number of hydroxylamine groups is 1. The first kappa shape index (κ1) is 12.9. The summed E-state index contributed by atoms with van der Waals surface area (Å²) in [6, 6.07) is 0. The van der Waals surface area contributed by atoms with E-state index in [2.05, 4.69) is 0 Å². The molecule has 0 atom stereocenters. The number of nitrogens with two attached hydrogens (primary N) is 1. The van der Waals surface area contributed by atoms with Gasteiger partial charge in [0, 0.05) is 12.8 Å². The molecule has 5 heteroatoms. The van der Waals surface area contributed by atoms with Crippen molar-refractivity contribution in [3.63, 3.8) is 0 Å². The van der Waals surface area contributed by atoms with Gasteiger partial charge in [0.2, 0.25) is 11.8 Å². The van der Waals surface area contributed by atoms with Crippen molar-refractivity contribution < 1.29 is 14.8 Å². The lowest BCUT2D eigenvalue weighted by atomic mass is 10.1. The number of hydrogen-bond donors (Lipinski definition) is 3. The van der Waals surface area contributed by atoms with Gasteiger partial charge in [0.1, 0.15) is 0 Å². The van der Waals surface area contributed by atoms with E-state index >= 15 is 0 Å². The molecule has 0 radical (unpaired) electrons. The Labute approximate surface area is 83.6 Å². The molecule has 0 fully saturated rings. The molecule has 0 aliphatic heterocycles. The van der Waals surface area contributed by atoms with Crippen LogP contribution in [0.1, 0.15) is 44.9 Å². The van der Waals surface area contributed by atoms with E-state index in [4.69, 9.17) is 10.9 Å². The Morgan fingerprint density at radius 3 is 2.00 bits per heavy atom. The third kappa shape index (κ3) is 8.99. The molecule has 0 bridgehead atoms. The second kappa shape index (κ2) is 8.50. The summed E-state index contributed by atoms with van der Waals surface area (Å²) in [6.45, 7) is 0. The molecule has 0 aromatic heterocycles. The lowest BCUT2D eigenvalue weighted by Gasteiger charge is -1.99. The fourth-order valence-electron chi connectivity index (χ4n) is 1.17. The SMILES string of the molecule is NC(=O)CCCCCCCC(=O)NO. The second-order valence-electron chi connectivity index (χ2n) is 3.27. The molecule has 4 N–H and O–H groups in total. The van der Waals surface area contributed by atoms with Crippen LogP contribution < -0.4 is 11.2 Å². The highest BCUT2D eigenvalue weighted by atomic mass is 16.5. The van der Waals surface area contributed by atoms with Crippen molar-refractivity contribution >= 4 is 11.8 Å². The average Bonchev–Trinajstić information content (AvgIpc) is 2.15. The van der Waals surface area contributed by atoms with E-state index in [1.165, 1.54) is 0 Å². The molecule has 2 amide bonds. The summed E-state index contributed by atoms with van der Waals surface area (Å²) in [6.07, 6.45) is 5.27. The number of carbonyl (C=O) groups excluding carboxylic acids is 2. The molecule has 82 valence electrons. The number of amides is 2. The maximum absolute atomic E-state index is 10.6. The number of nitrogens with one attached hydrogen (secondary N) is 1. The van der Waals surface area contributed by atoms with E-state index in [1.54, 1.807) is 5.48 Å². The Morgan fingerprint density at radius 1 is 1.00 bits per heavy atom. The lowest BCUT2D eigenvalue weighted by Crippen LogP contribution is -2.17. The summed E-state index contributed by atoms with van der Waals surface area (Å²) >= 11 is 0. The van der Waals surface area contributed by atoms with Gasteiger partial charge in [0.25, 0.3) is 0 Å². The monoisotopic (exact) mass is 202 g/mol. The maximum atomic E-state index is 10.6. The second-order valence-corrected chi connectivity index (χ2v) is 3.27. The summed E-state index contributed by atoms with van der Waals surface area (Å²) in [5, 5.41) is 8.19. The minimum absolute atomic E-state index is 0.260. The number of rotatable bonds is 8. The largest absolute Gasteiger partial charge is 0.370 e. The van der Waals surface area contributed by atoms with Crippen molar-refractivity contribution in [2.75, 3.05) is 0 Å². The molecule has 0 saturated carbocycles. The highest BCUT2D eigenvalue weighted by Crippen LogP contribution is 2.06. The minimum Gasteiger partial charge on any atom is -0.370 e. The van der Waals surface area contributed by atoms with E-state index < -0.39 is 0 Å². The van der Waals surface area contributed by atoms with Crippen LogP contribution in [0, 0.1) is 0 Å². The number of primary amides is 1. The molecule has 5 nitrogen and oxygen atoms in total. The first-order valence-corrected chi connectivity index (χ1v) is 4.88. The molecule has 0 spiro atoms. The highest BCUT2D eigenvalue weighted by Gasteiger charge is 1.98. The van der Waals surface area contributed by atoms with Crippen LogP contribution in [-0.4, -0.2) is 17.0 Å². The van der Waals surface area contributed by atoms with Crippen LogP contribution in [0.15, 0.2) is 0 Å². The third-order valence-electron chi connectivity index (χ3n) is 1.95. The summed E-state index contributed by atoms with van der Waals surface area (Å²) in [4.78, 5) is 20.9. The van der Waals surface area contributed by atoms with Gasteiger partial charge in [-0.3, -0.25) is 14.8 Å². The summed E-state index contributed by atoms with van der Waals surface area (Å²) in [7, 11) is 0. The Kier molecular flexibility index (Phi) is 7.83. The van der Waals surface area contributed by atoms with Crippen LogP contribution in [0.25, 0.3) is 0 Å². The quantitative estimate of drug-likeness (QED) is 0.307. The van der Waals surface area contributed by atoms with E-state index in [9.17, 15) is 9.59 Å². The number of unbranched alkanes of at least 4 members (excludes halogenated alkanes) is 4. The predicted octanol–water partition coefficient (Wildman–Crippen LogP) is 0.708. The molecular formula is C9H18N2O3. The van der Waals surface area contributed by atoms with Gasteiger partial charge in [-0.25, -0.2) is 5.48 Å². The first-order valence-electron chi connectivity index (χ1n) is 4.88. The maximum Gasteiger partial charge on any atom is 0.243 e. The normalized spacial score (nSPS) is 9.79. The van der Waals surface area contributed by atoms with Crippen LogP contribution in [0.3, 0.4) is 0 Å². The van der Waals surface area contributed by atoms with E-state index in [0.717, 1.165) is 32.1 Å². The zero-order chi connectivity index (χ0) is 10.8. The average molecular weight is 202 g/mol. The number of carbonyl (C=O) groups is 2. The zero-order valence-electron chi connectivity index (χ0n) is 8.29. The Hall–Kier alpha value is -1.10. The van der Waals surface area contributed by atoms with Gasteiger partial charge < -0.3 is 5.73 Å². The van der Waals surface area contributed by atoms with Gasteiger partial charge in [-0.05, 0) is 12.8 Å². The fourth-order valence-corrected chi connectivity index (χ4v) is 1.17. The molecule has 0 aromatic rings. The molecule has 0 aromatic carbocycles. The van der Waals surface area contributed by atoms with Gasteiger partial charge in [-0.2, -0.15) is 0 Å². The van der Waals surface area contributed by atoms with Gasteiger partial charge in [0.05, 0.1) is 0 Å². The van der Waals surface area contributed by atoms with Crippen LogP contribution >= 0.6 is 0 Å². The van der Waals surface area contributed by atoms with Gasteiger partial charge in [-0.15, -0.1) is 0 Å². The third-order valence-corrected chi connectivity index (χ3v) is 1.95. The molecule has 0 rings (SSSR count). The van der Waals surface area contributed by atoms with Gasteiger partial charge >= 0.3 is 0 Å². The molecule has 0 unspecified atom stereocenters. The van der Waals surface area contributed by atoms with Crippen molar-refractivity contribution in [3.05, 3.63) is 0 Å². The summed E-state index contributed by atoms with van der Waals surface area (Å²) < 4.78 is 0. The summed E-state index contributed by atoms with van der Waals surface area (Å²) in [5.41, 5.74) is 6.55. The Bertz CT molecular complexity index is 183. The van der Waals surface area contributed by atoms with Crippen molar-refractivity contribution in [1.29, 1.82) is 0 Å². The van der Waals surface area contributed by atoms with Crippen LogP contribution in [-0.2, 0) is 9.59 Å². The molecule has 0 heterocycles. The van der Waals surface area contributed by atoms with Gasteiger partial charge in [0.15, 0.2) is 0 Å². The topological polar surface area (TPSA) is 92.4 Å². The van der Waals surface area contributed by atoms with Crippen molar-refractivity contribution in [2.24, 2.45) is 5.73 Å². The molecule has 0 aliphatic rings. The van der Waals surface area contributed by atoms with Crippen LogP contribution in [0.4, 0.5) is 0 Å². The molecular weight excluding hydrogens is 184 g/mol. The molecule has 0 aliphatic carbocycles. The van der Waals surface area contributed by atoms with Crippen molar-refractivity contribution in [1.82, 2.24) is 5.48 Å². The van der Waals surface area contributed by atoms with Crippen LogP contribution in [0.2, 0.25) is 0 Å².